The van der Waals surface area contributed by atoms with Crippen LogP contribution < -0.4 is 5.76 Å². The van der Waals surface area contributed by atoms with Gasteiger partial charge in [0.2, 0.25) is 0 Å². The second-order valence-electron chi connectivity index (χ2n) is 2.64. The Hall–Kier alpha value is -1.55. The van der Waals surface area contributed by atoms with Gasteiger partial charge in [0.1, 0.15) is 12.1 Å². The van der Waals surface area contributed by atoms with Gasteiger partial charge >= 0.3 is 5.76 Å². The molecule has 0 saturated heterocycles. The summed E-state index contributed by atoms with van der Waals surface area (Å²) in [5.74, 6) is -0.969. The van der Waals surface area contributed by atoms with Crippen LogP contribution in [0, 0.1) is 5.82 Å². The van der Waals surface area contributed by atoms with Crippen molar-refractivity contribution in [2.75, 3.05) is 0 Å². The Bertz CT molecular complexity index is 500. The fourth-order valence-corrected chi connectivity index (χ4v) is 1.32. The predicted octanol–water partition coefficient (Wildman–Crippen LogP) is 2.22. The molecule has 0 N–H and O–H groups in total. The highest BCUT2D eigenvalue weighted by molar-refractivity contribution is 6.29. The topological polar surface area (TPSA) is 35.1 Å². The highest BCUT2D eigenvalue weighted by Crippen LogP contribution is 2.13. The summed E-state index contributed by atoms with van der Waals surface area (Å²) in [7, 11) is 0. The molecular weight excluding hydrogens is 209 g/mol. The molecule has 0 radical (unpaired) electrons. The minimum atomic E-state index is -0.596. The number of hydrogen-bond donors (Lipinski definition) is 0. The van der Waals surface area contributed by atoms with Crippen LogP contribution in [0.2, 0.25) is 5.15 Å². The van der Waals surface area contributed by atoms with Gasteiger partial charge in [0.05, 0.1) is 5.69 Å². The predicted molar refractivity (Wildman–Crippen MR) is 49.3 cm³/mol. The van der Waals surface area contributed by atoms with E-state index in [-0.39, 0.29) is 11.0 Å². The number of rotatable bonds is 1. The molecule has 0 aliphatic heterocycles. The molecule has 0 fully saturated rings. The molecule has 2 rings (SSSR count). The molecule has 0 spiro atoms. The van der Waals surface area contributed by atoms with Crippen molar-refractivity contribution >= 4 is 11.6 Å². The van der Waals surface area contributed by atoms with Gasteiger partial charge in [-0.25, -0.2) is 13.8 Å². The molecule has 0 amide bonds. The Morgan fingerprint density at radius 1 is 1.29 bits per heavy atom. The Morgan fingerprint density at radius 3 is 2.43 bits per heavy atom. The van der Waals surface area contributed by atoms with Crippen LogP contribution >= 0.6 is 11.6 Å². The average molecular weight is 214 g/mol. The summed E-state index contributed by atoms with van der Waals surface area (Å²) >= 11 is 5.69. The van der Waals surface area contributed by atoms with Crippen LogP contribution in [0.4, 0.5) is 4.39 Å². The normalized spacial score (nSPS) is 10.4. The molecule has 1 aromatic heterocycles. The maximum atomic E-state index is 12.6. The zero-order chi connectivity index (χ0) is 10.1. The number of aromatic nitrogens is 1. The first-order valence-electron chi connectivity index (χ1n) is 3.80. The average Bonchev–Trinajstić information content (AvgIpc) is 2.49. The van der Waals surface area contributed by atoms with Crippen molar-refractivity contribution in [3.05, 3.63) is 52.0 Å². The largest absolute Gasteiger partial charge is 0.424 e. The molecule has 0 bridgehead atoms. The lowest BCUT2D eigenvalue weighted by Crippen LogP contribution is -2.11. The van der Waals surface area contributed by atoms with Gasteiger partial charge in [-0.05, 0) is 24.3 Å². The van der Waals surface area contributed by atoms with E-state index in [2.05, 4.69) is 4.42 Å². The van der Waals surface area contributed by atoms with Crippen LogP contribution in [0.1, 0.15) is 0 Å². The van der Waals surface area contributed by atoms with Crippen molar-refractivity contribution in [1.29, 1.82) is 0 Å². The number of oxazole rings is 1. The van der Waals surface area contributed by atoms with Crippen LogP contribution in [0.15, 0.2) is 39.7 Å². The van der Waals surface area contributed by atoms with Crippen molar-refractivity contribution in [1.82, 2.24) is 4.57 Å². The third kappa shape index (κ3) is 1.44. The second kappa shape index (κ2) is 3.31. The zero-order valence-electron chi connectivity index (χ0n) is 6.91. The van der Waals surface area contributed by atoms with Gasteiger partial charge in [-0.2, -0.15) is 0 Å². The number of benzene rings is 1. The molecule has 0 unspecified atom stereocenters. The van der Waals surface area contributed by atoms with Crippen LogP contribution in [0.3, 0.4) is 0 Å². The van der Waals surface area contributed by atoms with E-state index in [0.29, 0.717) is 5.69 Å². The molecule has 3 nitrogen and oxygen atoms in total. The minimum absolute atomic E-state index is 0.154. The highest BCUT2D eigenvalue weighted by atomic mass is 35.5. The van der Waals surface area contributed by atoms with E-state index in [1.54, 1.807) is 0 Å². The molecule has 1 aromatic carbocycles. The van der Waals surface area contributed by atoms with Crippen molar-refractivity contribution in [3.8, 4) is 5.69 Å². The lowest BCUT2D eigenvalue weighted by molar-refractivity contribution is 0.504. The highest BCUT2D eigenvalue weighted by Gasteiger charge is 2.07. The van der Waals surface area contributed by atoms with Gasteiger partial charge in [-0.15, -0.1) is 0 Å². The molecule has 72 valence electrons. The van der Waals surface area contributed by atoms with Gasteiger partial charge in [0.25, 0.3) is 0 Å². The summed E-state index contributed by atoms with van der Waals surface area (Å²) in [5.41, 5.74) is 0.468. The summed E-state index contributed by atoms with van der Waals surface area (Å²) in [6.45, 7) is 0. The quantitative estimate of drug-likeness (QED) is 0.728. The van der Waals surface area contributed by atoms with Gasteiger partial charge < -0.3 is 4.42 Å². The van der Waals surface area contributed by atoms with Crippen molar-refractivity contribution < 1.29 is 8.81 Å². The van der Waals surface area contributed by atoms with E-state index in [0.717, 1.165) is 10.8 Å². The smallest absolute Gasteiger partial charge is 0.414 e. The lowest BCUT2D eigenvalue weighted by Gasteiger charge is -2.00. The summed E-state index contributed by atoms with van der Waals surface area (Å²) in [6.07, 6.45) is 1.13. The van der Waals surface area contributed by atoms with Gasteiger partial charge in [0.15, 0.2) is 5.15 Å². The molecule has 0 aliphatic rings. The first-order chi connectivity index (χ1) is 6.68. The van der Waals surface area contributed by atoms with Gasteiger partial charge in [-0.1, -0.05) is 11.6 Å². The molecular formula is C9H5ClFNO2. The number of halogens is 2. The van der Waals surface area contributed by atoms with Crippen molar-refractivity contribution in [2.45, 2.75) is 0 Å². The number of nitrogens with zero attached hydrogens (tertiary/aromatic N) is 1. The third-order valence-electron chi connectivity index (χ3n) is 1.74. The van der Waals surface area contributed by atoms with E-state index in [1.807, 2.05) is 0 Å². The summed E-state index contributed by atoms with van der Waals surface area (Å²) < 4.78 is 18.3. The molecule has 0 saturated carbocycles. The number of hydrogen-bond acceptors (Lipinski definition) is 2. The third-order valence-corrected chi connectivity index (χ3v) is 2.00. The maximum Gasteiger partial charge on any atom is 0.424 e. The van der Waals surface area contributed by atoms with Gasteiger partial charge in [0, 0.05) is 0 Å². The zero-order valence-corrected chi connectivity index (χ0v) is 7.66. The first-order valence-corrected chi connectivity index (χ1v) is 4.18. The Kier molecular flexibility index (Phi) is 2.13. The first kappa shape index (κ1) is 9.02. The van der Waals surface area contributed by atoms with Crippen molar-refractivity contribution in [3.63, 3.8) is 0 Å². The molecule has 1 heterocycles. The molecule has 0 aliphatic carbocycles. The summed E-state index contributed by atoms with van der Waals surface area (Å²) in [4.78, 5) is 11.1. The van der Waals surface area contributed by atoms with E-state index >= 15 is 0 Å². The summed E-state index contributed by atoms with van der Waals surface area (Å²) in [6, 6.07) is 5.37. The van der Waals surface area contributed by atoms with Crippen LogP contribution in [-0.2, 0) is 0 Å². The molecule has 5 heteroatoms. The lowest BCUT2D eigenvalue weighted by atomic mass is 10.3. The molecule has 0 atom stereocenters. The van der Waals surface area contributed by atoms with Crippen molar-refractivity contribution in [2.24, 2.45) is 0 Å². The fourth-order valence-electron chi connectivity index (χ4n) is 1.11. The van der Waals surface area contributed by atoms with E-state index in [1.165, 1.54) is 24.3 Å². The van der Waals surface area contributed by atoms with E-state index < -0.39 is 5.76 Å². The molecule has 14 heavy (non-hydrogen) atoms. The van der Waals surface area contributed by atoms with Gasteiger partial charge in [-0.3, -0.25) is 0 Å². The second-order valence-corrected chi connectivity index (χ2v) is 3.02. The SMILES string of the molecule is O=c1occ(Cl)n1-c1ccc(F)cc1. The monoisotopic (exact) mass is 213 g/mol. The Balaban J connectivity index is 2.60. The van der Waals surface area contributed by atoms with Crippen LogP contribution in [0.25, 0.3) is 5.69 Å². The standard InChI is InChI=1S/C9H5ClFNO2/c10-8-5-14-9(13)12(8)7-3-1-6(11)2-4-7/h1-5H. The van der Waals surface area contributed by atoms with Crippen LogP contribution in [-0.4, -0.2) is 4.57 Å². The fraction of sp³-hybridized carbons (Fsp3) is 0. The minimum Gasteiger partial charge on any atom is -0.414 e. The summed E-state index contributed by atoms with van der Waals surface area (Å²) in [5, 5.41) is 0.154. The van der Waals surface area contributed by atoms with Crippen LogP contribution in [0.5, 0.6) is 0 Å². The molecule has 2 aromatic rings. The van der Waals surface area contributed by atoms with E-state index in [9.17, 15) is 9.18 Å². The maximum absolute atomic E-state index is 12.6. The van der Waals surface area contributed by atoms with E-state index in [4.69, 9.17) is 11.6 Å². The Labute approximate surface area is 83.3 Å². The Morgan fingerprint density at radius 2 is 1.93 bits per heavy atom.